The van der Waals surface area contributed by atoms with Gasteiger partial charge in [0.15, 0.2) is 0 Å². The first kappa shape index (κ1) is 11.2. The van der Waals surface area contributed by atoms with Crippen LogP contribution in [0.4, 0.5) is 5.95 Å². The zero-order chi connectivity index (χ0) is 11.4. The van der Waals surface area contributed by atoms with Crippen LogP contribution in [-0.4, -0.2) is 16.1 Å². The van der Waals surface area contributed by atoms with Gasteiger partial charge in [0.1, 0.15) is 0 Å². The van der Waals surface area contributed by atoms with Gasteiger partial charge in [0.05, 0.1) is 0 Å². The number of hydrogen-bond acceptors (Lipinski definition) is 2. The monoisotopic (exact) mass is 219 g/mol. The summed E-state index contributed by atoms with van der Waals surface area (Å²) in [4.78, 5) is 4.35. The number of nitrogens with zero attached hydrogens (tertiary/aromatic N) is 2. The van der Waals surface area contributed by atoms with Crippen molar-refractivity contribution in [3.63, 3.8) is 0 Å². The van der Waals surface area contributed by atoms with E-state index in [0.717, 1.165) is 18.4 Å². The van der Waals surface area contributed by atoms with Crippen LogP contribution >= 0.6 is 0 Å². The van der Waals surface area contributed by atoms with Crippen LogP contribution in [0.15, 0.2) is 25.0 Å². The van der Waals surface area contributed by atoms with E-state index >= 15 is 0 Å². The molecule has 0 spiro atoms. The van der Waals surface area contributed by atoms with Gasteiger partial charge in [-0.1, -0.05) is 13.0 Å². The van der Waals surface area contributed by atoms with Crippen molar-refractivity contribution in [2.24, 2.45) is 5.92 Å². The predicted octanol–water partition coefficient (Wildman–Crippen LogP) is 3.23. The van der Waals surface area contributed by atoms with E-state index < -0.39 is 0 Å². The predicted molar refractivity (Wildman–Crippen MR) is 67.6 cm³/mol. The third-order valence-corrected chi connectivity index (χ3v) is 3.45. The summed E-state index contributed by atoms with van der Waals surface area (Å²) in [6.45, 7) is 6.84. The van der Waals surface area contributed by atoms with Gasteiger partial charge in [0.2, 0.25) is 5.95 Å². The molecule has 0 aliphatic heterocycles. The number of aromatic nitrogens is 2. The van der Waals surface area contributed by atoms with Gasteiger partial charge in [-0.25, -0.2) is 4.98 Å². The van der Waals surface area contributed by atoms with Crippen LogP contribution in [0.25, 0.3) is 0 Å². The second-order valence-corrected chi connectivity index (χ2v) is 4.74. The fourth-order valence-corrected chi connectivity index (χ4v) is 2.43. The fourth-order valence-electron chi connectivity index (χ4n) is 2.43. The molecule has 1 aliphatic rings. The van der Waals surface area contributed by atoms with E-state index in [1.165, 1.54) is 25.7 Å². The van der Waals surface area contributed by atoms with Crippen molar-refractivity contribution in [2.45, 2.75) is 38.6 Å². The summed E-state index contributed by atoms with van der Waals surface area (Å²) in [6, 6.07) is 0.631. The summed E-state index contributed by atoms with van der Waals surface area (Å²) in [6.07, 6.45) is 11.1. The first-order valence-electron chi connectivity index (χ1n) is 6.19. The van der Waals surface area contributed by atoms with E-state index in [2.05, 4.69) is 34.6 Å². The molecule has 1 aliphatic carbocycles. The highest BCUT2D eigenvalue weighted by Gasteiger charge is 2.20. The molecule has 0 aromatic carbocycles. The molecule has 88 valence electrons. The summed E-state index contributed by atoms with van der Waals surface area (Å²) in [7, 11) is 0. The Labute approximate surface area is 97.6 Å². The highest BCUT2D eigenvalue weighted by atomic mass is 15.2. The molecule has 1 N–H and O–H groups in total. The van der Waals surface area contributed by atoms with Gasteiger partial charge in [-0.3, -0.25) is 0 Å². The number of nitrogens with one attached hydrogen (secondary N) is 1. The van der Waals surface area contributed by atoms with Crippen molar-refractivity contribution < 1.29 is 0 Å². The summed E-state index contributed by atoms with van der Waals surface area (Å²) >= 11 is 0. The Balaban J connectivity index is 2.02. The maximum absolute atomic E-state index is 4.35. The Morgan fingerprint density at radius 1 is 1.50 bits per heavy atom. The van der Waals surface area contributed by atoms with E-state index in [0.29, 0.717) is 6.04 Å². The number of rotatable bonds is 4. The summed E-state index contributed by atoms with van der Waals surface area (Å²) < 4.78 is 2.29. The van der Waals surface area contributed by atoms with Gasteiger partial charge in [-0.2, -0.15) is 0 Å². The van der Waals surface area contributed by atoms with Gasteiger partial charge in [-0.05, 0) is 31.6 Å². The van der Waals surface area contributed by atoms with Gasteiger partial charge in [0, 0.05) is 25.0 Å². The SMILES string of the molecule is C=CCNc1nccn1C1CCC(C)CC1. The minimum absolute atomic E-state index is 0.631. The smallest absolute Gasteiger partial charge is 0.203 e. The zero-order valence-corrected chi connectivity index (χ0v) is 10.0. The van der Waals surface area contributed by atoms with Crippen LogP contribution in [0, 0.1) is 5.92 Å². The summed E-state index contributed by atoms with van der Waals surface area (Å²) in [5, 5.41) is 3.29. The van der Waals surface area contributed by atoms with E-state index in [1.54, 1.807) is 0 Å². The minimum Gasteiger partial charge on any atom is -0.352 e. The molecule has 0 atom stereocenters. The highest BCUT2D eigenvalue weighted by Crippen LogP contribution is 2.33. The lowest BCUT2D eigenvalue weighted by atomic mass is 9.87. The summed E-state index contributed by atoms with van der Waals surface area (Å²) in [5.41, 5.74) is 0. The molecule has 0 bridgehead atoms. The van der Waals surface area contributed by atoms with Crippen molar-refractivity contribution in [1.82, 2.24) is 9.55 Å². The Morgan fingerprint density at radius 3 is 2.94 bits per heavy atom. The molecule has 2 rings (SSSR count). The van der Waals surface area contributed by atoms with Crippen LogP contribution in [0.5, 0.6) is 0 Å². The molecule has 3 nitrogen and oxygen atoms in total. The second kappa shape index (κ2) is 5.19. The topological polar surface area (TPSA) is 29.9 Å². The molecule has 1 aromatic heterocycles. The van der Waals surface area contributed by atoms with Crippen LogP contribution in [0.3, 0.4) is 0 Å². The lowest BCUT2D eigenvalue weighted by molar-refractivity contribution is 0.291. The Bertz CT molecular complexity index is 335. The molecule has 1 fully saturated rings. The molecule has 1 saturated carbocycles. The van der Waals surface area contributed by atoms with Crippen LogP contribution in [0.2, 0.25) is 0 Å². The molecule has 0 unspecified atom stereocenters. The Hall–Kier alpha value is -1.25. The van der Waals surface area contributed by atoms with E-state index in [1.807, 2.05) is 12.3 Å². The fraction of sp³-hybridized carbons (Fsp3) is 0.615. The first-order chi connectivity index (χ1) is 7.81. The lowest BCUT2D eigenvalue weighted by Gasteiger charge is -2.28. The van der Waals surface area contributed by atoms with Crippen LogP contribution in [0.1, 0.15) is 38.6 Å². The largest absolute Gasteiger partial charge is 0.352 e. The number of imidazole rings is 1. The average Bonchev–Trinajstić information content (AvgIpc) is 2.75. The van der Waals surface area contributed by atoms with Crippen molar-refractivity contribution in [3.8, 4) is 0 Å². The van der Waals surface area contributed by atoms with Gasteiger partial charge in [-0.15, -0.1) is 6.58 Å². The molecule has 1 aromatic rings. The van der Waals surface area contributed by atoms with Gasteiger partial charge >= 0.3 is 0 Å². The maximum Gasteiger partial charge on any atom is 0.203 e. The molecule has 16 heavy (non-hydrogen) atoms. The molecule has 0 amide bonds. The summed E-state index contributed by atoms with van der Waals surface area (Å²) in [5.74, 6) is 1.88. The van der Waals surface area contributed by atoms with Crippen molar-refractivity contribution in [2.75, 3.05) is 11.9 Å². The molecule has 0 saturated heterocycles. The average molecular weight is 219 g/mol. The third-order valence-electron chi connectivity index (χ3n) is 3.45. The Kier molecular flexibility index (Phi) is 3.65. The van der Waals surface area contributed by atoms with E-state index in [4.69, 9.17) is 0 Å². The number of hydrogen-bond donors (Lipinski definition) is 1. The molecular weight excluding hydrogens is 198 g/mol. The second-order valence-electron chi connectivity index (χ2n) is 4.74. The third kappa shape index (κ3) is 2.46. The standard InChI is InChI=1S/C13H21N3/c1-3-8-14-13-15-9-10-16(13)12-6-4-11(2)5-7-12/h3,9-12H,1,4-8H2,2H3,(H,14,15). The normalized spacial score (nSPS) is 25.3. The van der Waals surface area contributed by atoms with Crippen molar-refractivity contribution >= 4 is 5.95 Å². The van der Waals surface area contributed by atoms with E-state index in [9.17, 15) is 0 Å². The quantitative estimate of drug-likeness (QED) is 0.788. The molecular formula is C13H21N3. The van der Waals surface area contributed by atoms with Gasteiger partial charge in [0.25, 0.3) is 0 Å². The van der Waals surface area contributed by atoms with E-state index in [-0.39, 0.29) is 0 Å². The van der Waals surface area contributed by atoms with Crippen LogP contribution in [-0.2, 0) is 0 Å². The highest BCUT2D eigenvalue weighted by molar-refractivity contribution is 5.27. The minimum atomic E-state index is 0.631. The van der Waals surface area contributed by atoms with Crippen molar-refractivity contribution in [1.29, 1.82) is 0 Å². The lowest BCUT2D eigenvalue weighted by Crippen LogP contribution is -2.18. The Morgan fingerprint density at radius 2 is 2.25 bits per heavy atom. The van der Waals surface area contributed by atoms with Crippen molar-refractivity contribution in [3.05, 3.63) is 25.0 Å². The van der Waals surface area contributed by atoms with Gasteiger partial charge < -0.3 is 9.88 Å². The molecule has 3 heteroatoms. The molecule has 1 heterocycles. The maximum atomic E-state index is 4.35. The van der Waals surface area contributed by atoms with Crippen LogP contribution < -0.4 is 5.32 Å². The zero-order valence-electron chi connectivity index (χ0n) is 10.0. The molecule has 0 radical (unpaired) electrons. The first-order valence-corrected chi connectivity index (χ1v) is 6.19. The number of anilines is 1.